The highest BCUT2D eigenvalue weighted by Gasteiger charge is 1.97. The van der Waals surface area contributed by atoms with Crippen molar-refractivity contribution in [1.82, 2.24) is 9.13 Å². The van der Waals surface area contributed by atoms with Gasteiger partial charge in [-0.25, -0.2) is 4.79 Å². The molecular formula is C8H14N2OS. The van der Waals surface area contributed by atoms with E-state index in [1.165, 1.54) is 0 Å². The van der Waals surface area contributed by atoms with Gasteiger partial charge in [0, 0.05) is 26.0 Å². The summed E-state index contributed by atoms with van der Waals surface area (Å²) in [6.07, 6.45) is 6.77. The lowest BCUT2D eigenvalue weighted by atomic mass is 10.5. The molecule has 0 aliphatic heterocycles. The average molecular weight is 186 g/mol. The van der Waals surface area contributed by atoms with Crippen LogP contribution in [0.2, 0.25) is 0 Å². The molecule has 0 bridgehead atoms. The number of aromatic nitrogens is 2. The summed E-state index contributed by atoms with van der Waals surface area (Å²) in [5.41, 5.74) is 0.0797. The maximum atomic E-state index is 11.3. The van der Waals surface area contributed by atoms with Crippen molar-refractivity contribution in [3.05, 3.63) is 22.9 Å². The fourth-order valence-corrected chi connectivity index (χ4v) is 1.48. The van der Waals surface area contributed by atoms with Crippen LogP contribution in [0.3, 0.4) is 0 Å². The van der Waals surface area contributed by atoms with Gasteiger partial charge in [0.2, 0.25) is 0 Å². The Morgan fingerprint density at radius 2 is 2.25 bits per heavy atom. The van der Waals surface area contributed by atoms with Crippen LogP contribution in [-0.4, -0.2) is 21.1 Å². The van der Waals surface area contributed by atoms with Crippen LogP contribution in [0, 0.1) is 0 Å². The summed E-state index contributed by atoms with van der Waals surface area (Å²) >= 11 is 1.81. The number of rotatable bonds is 4. The highest BCUT2D eigenvalue weighted by atomic mass is 32.2. The van der Waals surface area contributed by atoms with Gasteiger partial charge >= 0.3 is 5.69 Å². The summed E-state index contributed by atoms with van der Waals surface area (Å²) in [5.74, 6) is 1.11. The zero-order valence-electron chi connectivity index (χ0n) is 7.49. The van der Waals surface area contributed by atoms with Gasteiger partial charge in [-0.15, -0.1) is 0 Å². The minimum absolute atomic E-state index is 0.0797. The van der Waals surface area contributed by atoms with E-state index in [0.717, 1.165) is 18.7 Å². The lowest BCUT2D eigenvalue weighted by molar-refractivity contribution is 0.641. The van der Waals surface area contributed by atoms with Crippen LogP contribution >= 0.6 is 11.8 Å². The van der Waals surface area contributed by atoms with E-state index in [0.29, 0.717) is 0 Å². The number of hydrogen-bond acceptors (Lipinski definition) is 2. The van der Waals surface area contributed by atoms with Gasteiger partial charge < -0.3 is 4.57 Å². The Hall–Kier alpha value is -0.640. The van der Waals surface area contributed by atoms with E-state index in [9.17, 15) is 4.79 Å². The van der Waals surface area contributed by atoms with E-state index in [1.807, 2.05) is 18.0 Å². The third kappa shape index (κ3) is 2.17. The van der Waals surface area contributed by atoms with Gasteiger partial charge in [0.15, 0.2) is 0 Å². The van der Waals surface area contributed by atoms with E-state index in [1.54, 1.807) is 22.4 Å². The molecule has 1 rings (SSSR count). The van der Waals surface area contributed by atoms with Crippen LogP contribution in [0.1, 0.15) is 6.42 Å². The molecule has 0 aromatic carbocycles. The SMILES string of the molecule is CSCCCn1ccn(C)c1=O. The fourth-order valence-electron chi connectivity index (χ4n) is 1.06. The largest absolute Gasteiger partial charge is 0.327 e. The monoisotopic (exact) mass is 186 g/mol. The Morgan fingerprint density at radius 1 is 1.50 bits per heavy atom. The summed E-state index contributed by atoms with van der Waals surface area (Å²) in [6.45, 7) is 0.834. The standard InChI is InChI=1S/C8H14N2OS/c1-9-5-6-10(8(9)11)4-3-7-12-2/h5-6H,3-4,7H2,1-2H3. The van der Waals surface area contributed by atoms with Crippen molar-refractivity contribution in [1.29, 1.82) is 0 Å². The summed E-state index contributed by atoms with van der Waals surface area (Å²) < 4.78 is 3.34. The lowest BCUT2D eigenvalue weighted by Gasteiger charge is -1.98. The highest BCUT2D eigenvalue weighted by Crippen LogP contribution is 1.96. The van der Waals surface area contributed by atoms with E-state index in [-0.39, 0.29) is 5.69 Å². The van der Waals surface area contributed by atoms with Crippen LogP contribution in [0.5, 0.6) is 0 Å². The van der Waals surface area contributed by atoms with Gasteiger partial charge in [0.05, 0.1) is 0 Å². The summed E-state index contributed by atoms with van der Waals surface area (Å²) in [6, 6.07) is 0. The second kappa shape index (κ2) is 4.40. The zero-order chi connectivity index (χ0) is 8.97. The topological polar surface area (TPSA) is 26.9 Å². The van der Waals surface area contributed by atoms with Gasteiger partial charge in [0.25, 0.3) is 0 Å². The molecule has 68 valence electrons. The van der Waals surface area contributed by atoms with Gasteiger partial charge in [-0.3, -0.25) is 4.57 Å². The molecular weight excluding hydrogens is 172 g/mol. The van der Waals surface area contributed by atoms with Gasteiger partial charge in [-0.05, 0) is 18.4 Å². The Morgan fingerprint density at radius 3 is 2.75 bits per heavy atom. The Bertz CT molecular complexity index is 289. The van der Waals surface area contributed by atoms with Crippen molar-refractivity contribution in [2.75, 3.05) is 12.0 Å². The number of nitrogens with zero attached hydrogens (tertiary/aromatic N) is 2. The molecule has 1 aromatic heterocycles. The molecule has 12 heavy (non-hydrogen) atoms. The number of hydrogen-bond donors (Lipinski definition) is 0. The minimum atomic E-state index is 0.0797. The Kier molecular flexibility index (Phi) is 3.47. The molecule has 1 heterocycles. The number of aryl methyl sites for hydroxylation is 2. The molecule has 0 aliphatic rings. The molecule has 0 amide bonds. The van der Waals surface area contributed by atoms with Crippen LogP contribution in [0.4, 0.5) is 0 Å². The Balaban J connectivity index is 2.52. The molecule has 0 spiro atoms. The molecule has 0 radical (unpaired) electrons. The van der Waals surface area contributed by atoms with E-state index in [4.69, 9.17) is 0 Å². The summed E-state index contributed by atoms with van der Waals surface area (Å²) in [4.78, 5) is 11.3. The molecule has 0 saturated carbocycles. The van der Waals surface area contributed by atoms with Crippen LogP contribution in [-0.2, 0) is 13.6 Å². The normalized spacial score (nSPS) is 10.5. The van der Waals surface area contributed by atoms with Crippen molar-refractivity contribution < 1.29 is 0 Å². The molecule has 1 aromatic rings. The van der Waals surface area contributed by atoms with Crippen molar-refractivity contribution in [2.24, 2.45) is 7.05 Å². The molecule has 0 unspecified atom stereocenters. The van der Waals surface area contributed by atoms with Crippen molar-refractivity contribution >= 4 is 11.8 Å². The second-order valence-corrected chi connectivity index (χ2v) is 3.72. The van der Waals surface area contributed by atoms with Crippen molar-refractivity contribution in [2.45, 2.75) is 13.0 Å². The van der Waals surface area contributed by atoms with E-state index < -0.39 is 0 Å². The first-order valence-electron chi connectivity index (χ1n) is 3.96. The van der Waals surface area contributed by atoms with Gasteiger partial charge in [-0.1, -0.05) is 0 Å². The third-order valence-electron chi connectivity index (χ3n) is 1.77. The molecule has 0 N–H and O–H groups in total. The van der Waals surface area contributed by atoms with Crippen LogP contribution < -0.4 is 5.69 Å². The van der Waals surface area contributed by atoms with Crippen molar-refractivity contribution in [3.8, 4) is 0 Å². The molecule has 0 saturated heterocycles. The zero-order valence-corrected chi connectivity index (χ0v) is 8.30. The predicted octanol–water partition coefficient (Wildman–Crippen LogP) is 0.940. The molecule has 4 heteroatoms. The second-order valence-electron chi connectivity index (χ2n) is 2.73. The van der Waals surface area contributed by atoms with Gasteiger partial charge in [-0.2, -0.15) is 11.8 Å². The minimum Gasteiger partial charge on any atom is -0.302 e. The molecule has 0 atom stereocenters. The molecule has 3 nitrogen and oxygen atoms in total. The smallest absolute Gasteiger partial charge is 0.302 e. The number of imidazole rings is 1. The van der Waals surface area contributed by atoms with E-state index >= 15 is 0 Å². The van der Waals surface area contributed by atoms with Crippen molar-refractivity contribution in [3.63, 3.8) is 0 Å². The summed E-state index contributed by atoms with van der Waals surface area (Å²) in [5, 5.41) is 0. The lowest BCUT2D eigenvalue weighted by Crippen LogP contribution is -2.22. The first kappa shape index (κ1) is 9.45. The quantitative estimate of drug-likeness (QED) is 0.654. The molecule has 0 fully saturated rings. The number of thioether (sulfide) groups is 1. The van der Waals surface area contributed by atoms with Crippen LogP contribution in [0.25, 0.3) is 0 Å². The predicted molar refractivity (Wildman–Crippen MR) is 52.7 cm³/mol. The van der Waals surface area contributed by atoms with E-state index in [2.05, 4.69) is 6.26 Å². The first-order valence-corrected chi connectivity index (χ1v) is 5.36. The Labute approximate surface area is 76.4 Å². The van der Waals surface area contributed by atoms with Crippen LogP contribution in [0.15, 0.2) is 17.2 Å². The summed E-state index contributed by atoms with van der Waals surface area (Å²) in [7, 11) is 1.77. The fraction of sp³-hybridized carbons (Fsp3) is 0.625. The maximum Gasteiger partial charge on any atom is 0.327 e. The highest BCUT2D eigenvalue weighted by molar-refractivity contribution is 7.98. The first-order chi connectivity index (χ1) is 5.75. The maximum absolute atomic E-state index is 11.3. The third-order valence-corrected chi connectivity index (χ3v) is 2.46. The average Bonchev–Trinajstić information content (AvgIpc) is 2.36. The van der Waals surface area contributed by atoms with Gasteiger partial charge in [0.1, 0.15) is 0 Å². The molecule has 0 aliphatic carbocycles.